The molecule has 6 rings (SSSR count). The summed E-state index contributed by atoms with van der Waals surface area (Å²) in [6, 6.07) is 16.1. The molecule has 0 radical (unpaired) electrons. The van der Waals surface area contributed by atoms with Crippen LogP contribution in [0.5, 0.6) is 0 Å². The third-order valence-corrected chi connectivity index (χ3v) is 5.12. The Hall–Kier alpha value is -4.32. The van der Waals surface area contributed by atoms with E-state index in [0.717, 1.165) is 49.7 Å². The number of aromatic nitrogens is 6. The summed E-state index contributed by atoms with van der Waals surface area (Å²) in [6.45, 7) is 0. The fourth-order valence-electron chi connectivity index (χ4n) is 3.59. The normalized spacial score (nSPS) is 11.3. The highest BCUT2D eigenvalue weighted by molar-refractivity contribution is 5.88. The van der Waals surface area contributed by atoms with Crippen LogP contribution in [0.1, 0.15) is 0 Å². The van der Waals surface area contributed by atoms with Gasteiger partial charge in [-0.3, -0.25) is 19.9 Å². The van der Waals surface area contributed by atoms with Crippen LogP contribution in [0.4, 0.5) is 0 Å². The lowest BCUT2D eigenvalue weighted by atomic mass is 10.0. The molecule has 1 aromatic carbocycles. The molecular formula is C24H14N6. The third kappa shape index (κ3) is 2.82. The Kier molecular flexibility index (Phi) is 3.67. The molecule has 0 unspecified atom stereocenters. The van der Waals surface area contributed by atoms with E-state index in [1.54, 1.807) is 18.6 Å². The Balaban J connectivity index is 1.46. The zero-order valence-electron chi connectivity index (χ0n) is 15.8. The maximum atomic E-state index is 4.55. The molecule has 6 nitrogen and oxygen atoms in total. The maximum Gasteiger partial charge on any atom is 0.159 e. The first kappa shape index (κ1) is 16.6. The predicted molar refractivity (Wildman–Crippen MR) is 117 cm³/mol. The lowest BCUT2D eigenvalue weighted by Gasteiger charge is -2.07. The van der Waals surface area contributed by atoms with Gasteiger partial charge in [0, 0.05) is 59.3 Å². The fraction of sp³-hybridized carbons (Fsp3) is 0. The highest BCUT2D eigenvalue weighted by Gasteiger charge is 2.07. The molecule has 5 aromatic heterocycles. The fourth-order valence-corrected chi connectivity index (χ4v) is 3.59. The van der Waals surface area contributed by atoms with E-state index < -0.39 is 0 Å². The summed E-state index contributed by atoms with van der Waals surface area (Å²) in [5.74, 6) is 0. The quantitative estimate of drug-likeness (QED) is 0.423. The van der Waals surface area contributed by atoms with Gasteiger partial charge in [-0.1, -0.05) is 6.07 Å². The van der Waals surface area contributed by atoms with E-state index in [0.29, 0.717) is 5.65 Å². The van der Waals surface area contributed by atoms with Crippen LogP contribution in [0.15, 0.2) is 85.7 Å². The van der Waals surface area contributed by atoms with Gasteiger partial charge in [0.05, 0.1) is 22.1 Å². The third-order valence-electron chi connectivity index (χ3n) is 5.12. The van der Waals surface area contributed by atoms with Gasteiger partial charge in [-0.25, -0.2) is 9.97 Å². The van der Waals surface area contributed by atoms with Gasteiger partial charge in [0.2, 0.25) is 0 Å². The number of hydrogen-bond acceptors (Lipinski definition) is 6. The summed E-state index contributed by atoms with van der Waals surface area (Å²) < 4.78 is 0. The second kappa shape index (κ2) is 6.63. The summed E-state index contributed by atoms with van der Waals surface area (Å²) >= 11 is 0. The van der Waals surface area contributed by atoms with E-state index in [1.807, 2.05) is 55.0 Å². The summed E-state index contributed by atoms with van der Waals surface area (Å²) in [7, 11) is 0. The van der Waals surface area contributed by atoms with Crippen molar-refractivity contribution in [2.24, 2.45) is 0 Å². The molecule has 0 aliphatic carbocycles. The van der Waals surface area contributed by atoms with Crippen molar-refractivity contribution in [3.63, 3.8) is 0 Å². The molecule has 6 aromatic rings. The molecule has 0 saturated carbocycles. The van der Waals surface area contributed by atoms with E-state index in [9.17, 15) is 0 Å². The lowest BCUT2D eigenvalue weighted by molar-refractivity contribution is 1.28. The van der Waals surface area contributed by atoms with Crippen LogP contribution in [-0.4, -0.2) is 29.9 Å². The van der Waals surface area contributed by atoms with Crippen LogP contribution in [-0.2, 0) is 0 Å². The van der Waals surface area contributed by atoms with Gasteiger partial charge in [0.1, 0.15) is 0 Å². The first-order valence-corrected chi connectivity index (χ1v) is 9.52. The monoisotopic (exact) mass is 386 g/mol. The molecule has 0 bridgehead atoms. The Labute approximate surface area is 171 Å². The minimum absolute atomic E-state index is 0.704. The number of pyridine rings is 4. The first-order valence-electron chi connectivity index (χ1n) is 9.52. The average Bonchev–Trinajstić information content (AvgIpc) is 2.82. The lowest BCUT2D eigenvalue weighted by Crippen LogP contribution is -1.90. The van der Waals surface area contributed by atoms with Crippen LogP contribution in [0, 0.1) is 0 Å². The van der Waals surface area contributed by atoms with Gasteiger partial charge in [-0.15, -0.1) is 0 Å². The SMILES string of the molecule is c1cnc2cc(-c3cnc4ncc(-c5ccc6nccnc6c5)cc4c3)cnc2c1. The molecule has 0 fully saturated rings. The molecular weight excluding hydrogens is 372 g/mol. The molecule has 140 valence electrons. The van der Waals surface area contributed by atoms with Crippen molar-refractivity contribution in [1.82, 2.24) is 29.9 Å². The second-order valence-electron chi connectivity index (χ2n) is 7.02. The molecule has 5 heterocycles. The second-order valence-corrected chi connectivity index (χ2v) is 7.02. The minimum atomic E-state index is 0.704. The highest BCUT2D eigenvalue weighted by Crippen LogP contribution is 2.28. The minimum Gasteiger partial charge on any atom is -0.255 e. The molecule has 0 spiro atoms. The number of hydrogen-bond donors (Lipinski definition) is 0. The van der Waals surface area contributed by atoms with E-state index in [-0.39, 0.29) is 0 Å². The Morgan fingerprint density at radius 1 is 0.433 bits per heavy atom. The number of benzene rings is 1. The van der Waals surface area contributed by atoms with E-state index in [1.165, 1.54) is 0 Å². The van der Waals surface area contributed by atoms with Crippen molar-refractivity contribution in [3.05, 3.63) is 85.7 Å². The average molecular weight is 386 g/mol. The Bertz CT molecular complexity index is 1450. The number of nitrogens with zero attached hydrogens (tertiary/aromatic N) is 6. The molecule has 0 amide bonds. The predicted octanol–water partition coefficient (Wildman–Crippen LogP) is 4.85. The summed E-state index contributed by atoms with van der Waals surface area (Å²) in [5, 5.41) is 0.963. The van der Waals surface area contributed by atoms with Crippen molar-refractivity contribution in [3.8, 4) is 22.3 Å². The van der Waals surface area contributed by atoms with Gasteiger partial charge >= 0.3 is 0 Å². The highest BCUT2D eigenvalue weighted by atomic mass is 14.8. The summed E-state index contributed by atoms with van der Waals surface area (Å²) in [5.41, 5.74) is 8.17. The van der Waals surface area contributed by atoms with Crippen molar-refractivity contribution in [1.29, 1.82) is 0 Å². The van der Waals surface area contributed by atoms with E-state index in [4.69, 9.17) is 0 Å². The van der Waals surface area contributed by atoms with Crippen molar-refractivity contribution in [2.75, 3.05) is 0 Å². The smallest absolute Gasteiger partial charge is 0.159 e. The van der Waals surface area contributed by atoms with Crippen LogP contribution in [0.3, 0.4) is 0 Å². The molecule has 0 aliphatic heterocycles. The Morgan fingerprint density at radius 2 is 1.03 bits per heavy atom. The zero-order chi connectivity index (χ0) is 19.9. The summed E-state index contributed by atoms with van der Waals surface area (Å²) in [4.78, 5) is 26.7. The van der Waals surface area contributed by atoms with Gasteiger partial charge in [0.15, 0.2) is 5.65 Å². The van der Waals surface area contributed by atoms with E-state index >= 15 is 0 Å². The van der Waals surface area contributed by atoms with Gasteiger partial charge < -0.3 is 0 Å². The molecule has 0 saturated heterocycles. The van der Waals surface area contributed by atoms with Gasteiger partial charge in [-0.2, -0.15) is 0 Å². The Morgan fingerprint density at radius 3 is 1.87 bits per heavy atom. The molecule has 0 N–H and O–H groups in total. The van der Waals surface area contributed by atoms with Crippen molar-refractivity contribution >= 4 is 33.1 Å². The van der Waals surface area contributed by atoms with Crippen LogP contribution in [0.25, 0.3) is 55.4 Å². The molecule has 30 heavy (non-hydrogen) atoms. The van der Waals surface area contributed by atoms with Crippen molar-refractivity contribution in [2.45, 2.75) is 0 Å². The standard InChI is InChI=1S/C24H14N6/c1-2-20-23(25-5-1)11-19(12-28-20)18-9-16-8-17(13-29-24(16)30-14-18)15-3-4-21-22(10-15)27-7-6-26-21/h1-14H. The van der Waals surface area contributed by atoms with Crippen LogP contribution < -0.4 is 0 Å². The summed E-state index contributed by atoms with van der Waals surface area (Å²) in [6.07, 6.45) is 10.7. The largest absolute Gasteiger partial charge is 0.255 e. The zero-order valence-corrected chi connectivity index (χ0v) is 15.8. The van der Waals surface area contributed by atoms with Gasteiger partial charge in [0.25, 0.3) is 0 Å². The first-order chi connectivity index (χ1) is 14.8. The van der Waals surface area contributed by atoms with Crippen LogP contribution in [0.2, 0.25) is 0 Å². The molecule has 0 aliphatic rings. The molecule has 6 heteroatoms. The van der Waals surface area contributed by atoms with E-state index in [2.05, 4.69) is 42.0 Å². The topological polar surface area (TPSA) is 77.3 Å². The van der Waals surface area contributed by atoms with Crippen molar-refractivity contribution < 1.29 is 0 Å². The van der Waals surface area contributed by atoms with Gasteiger partial charge in [-0.05, 0) is 48.0 Å². The number of rotatable bonds is 2. The maximum absolute atomic E-state index is 4.55. The number of fused-ring (bicyclic) bond motifs is 3. The van der Waals surface area contributed by atoms with Crippen LogP contribution >= 0.6 is 0 Å². The molecule has 0 atom stereocenters.